The highest BCUT2D eigenvalue weighted by Crippen LogP contribution is 2.23. The Morgan fingerprint density at radius 2 is 2.07 bits per heavy atom. The average Bonchev–Trinajstić information content (AvgIpc) is 2.15. The molecule has 15 heavy (non-hydrogen) atoms. The Bertz CT molecular complexity index is 279. The molecule has 3 N–H and O–H groups in total. The number of rotatable bonds is 5. The van der Waals surface area contributed by atoms with Crippen molar-refractivity contribution in [2.75, 3.05) is 13.1 Å². The molecule has 2 atom stereocenters. The van der Waals surface area contributed by atoms with Crippen LogP contribution in [0.15, 0.2) is 0 Å². The second kappa shape index (κ2) is 5.79. The Kier molecular flexibility index (Phi) is 4.98. The Balaban J connectivity index is 2.30. The molecule has 0 heterocycles. The summed E-state index contributed by atoms with van der Waals surface area (Å²) in [6, 6.07) is 0. The summed E-state index contributed by atoms with van der Waals surface area (Å²) in [7, 11) is -3.33. The first kappa shape index (κ1) is 12.9. The molecule has 0 spiro atoms. The first-order valence-corrected chi connectivity index (χ1v) is 6.94. The minimum Gasteiger partial charge on any atom is -0.393 e. The van der Waals surface area contributed by atoms with Crippen LogP contribution in [0.3, 0.4) is 0 Å². The molecule has 1 aliphatic rings. The van der Waals surface area contributed by atoms with E-state index in [2.05, 4.69) is 9.44 Å². The van der Waals surface area contributed by atoms with E-state index in [1.165, 1.54) is 0 Å². The molecular weight excluding hydrogens is 216 g/mol. The third-order valence-corrected chi connectivity index (χ3v) is 3.87. The first-order chi connectivity index (χ1) is 7.03. The van der Waals surface area contributed by atoms with E-state index in [4.69, 9.17) is 0 Å². The van der Waals surface area contributed by atoms with Crippen LogP contribution in [0, 0.1) is 5.92 Å². The van der Waals surface area contributed by atoms with Gasteiger partial charge in [0.1, 0.15) is 0 Å². The molecule has 1 rings (SSSR count). The Hall–Kier alpha value is -0.170. The largest absolute Gasteiger partial charge is 0.393 e. The van der Waals surface area contributed by atoms with Crippen LogP contribution in [0.25, 0.3) is 0 Å². The van der Waals surface area contributed by atoms with Gasteiger partial charge in [-0.1, -0.05) is 13.3 Å². The molecule has 1 fully saturated rings. The van der Waals surface area contributed by atoms with Crippen LogP contribution in [0.4, 0.5) is 0 Å². The van der Waals surface area contributed by atoms with Gasteiger partial charge in [0.05, 0.1) is 6.10 Å². The molecule has 0 saturated heterocycles. The van der Waals surface area contributed by atoms with Gasteiger partial charge in [0.2, 0.25) is 0 Å². The summed E-state index contributed by atoms with van der Waals surface area (Å²) in [5.74, 6) is 0.266. The summed E-state index contributed by atoms with van der Waals surface area (Å²) in [5.41, 5.74) is 0. The van der Waals surface area contributed by atoms with Crippen LogP contribution in [-0.2, 0) is 10.2 Å². The number of aliphatic hydroxyl groups is 1. The zero-order valence-corrected chi connectivity index (χ0v) is 9.89. The lowest BCUT2D eigenvalue weighted by molar-refractivity contribution is 0.102. The van der Waals surface area contributed by atoms with E-state index in [-0.39, 0.29) is 12.0 Å². The van der Waals surface area contributed by atoms with Gasteiger partial charge in [0, 0.05) is 13.1 Å². The van der Waals surface area contributed by atoms with Crippen molar-refractivity contribution in [1.29, 1.82) is 0 Å². The second-order valence-corrected chi connectivity index (χ2v) is 5.62. The maximum absolute atomic E-state index is 11.3. The number of aliphatic hydroxyl groups excluding tert-OH is 1. The van der Waals surface area contributed by atoms with E-state index in [9.17, 15) is 13.5 Å². The fourth-order valence-electron chi connectivity index (χ4n) is 1.92. The van der Waals surface area contributed by atoms with E-state index in [0.717, 1.165) is 19.3 Å². The lowest BCUT2D eigenvalue weighted by atomic mass is 9.87. The Morgan fingerprint density at radius 1 is 1.33 bits per heavy atom. The zero-order valence-electron chi connectivity index (χ0n) is 9.07. The topological polar surface area (TPSA) is 78.4 Å². The molecule has 0 aromatic carbocycles. The van der Waals surface area contributed by atoms with Crippen LogP contribution >= 0.6 is 0 Å². The monoisotopic (exact) mass is 236 g/mol. The van der Waals surface area contributed by atoms with Crippen LogP contribution in [0.5, 0.6) is 0 Å². The molecule has 0 radical (unpaired) electrons. The summed E-state index contributed by atoms with van der Waals surface area (Å²) in [6.45, 7) is 2.55. The van der Waals surface area contributed by atoms with Crippen molar-refractivity contribution in [3.63, 3.8) is 0 Å². The van der Waals surface area contributed by atoms with Crippen molar-refractivity contribution in [1.82, 2.24) is 9.44 Å². The second-order valence-electron chi connectivity index (χ2n) is 4.04. The normalized spacial score (nSPS) is 27.9. The lowest BCUT2D eigenvalue weighted by Gasteiger charge is -2.25. The molecule has 1 aliphatic carbocycles. The van der Waals surface area contributed by atoms with Crippen molar-refractivity contribution < 1.29 is 13.5 Å². The Morgan fingerprint density at radius 3 is 2.67 bits per heavy atom. The lowest BCUT2D eigenvalue weighted by Crippen LogP contribution is -2.40. The van der Waals surface area contributed by atoms with E-state index in [1.54, 1.807) is 6.92 Å². The van der Waals surface area contributed by atoms with Crippen molar-refractivity contribution in [2.24, 2.45) is 5.92 Å². The summed E-state index contributed by atoms with van der Waals surface area (Å²) in [4.78, 5) is 0. The fourth-order valence-corrected chi connectivity index (χ4v) is 2.85. The van der Waals surface area contributed by atoms with Crippen molar-refractivity contribution in [3.8, 4) is 0 Å². The molecule has 0 aliphatic heterocycles. The van der Waals surface area contributed by atoms with Crippen molar-refractivity contribution >= 4 is 10.2 Å². The molecule has 90 valence electrons. The number of nitrogens with one attached hydrogen (secondary N) is 2. The molecular formula is C9H20N2O3S. The summed E-state index contributed by atoms with van der Waals surface area (Å²) >= 11 is 0. The maximum atomic E-state index is 11.3. The maximum Gasteiger partial charge on any atom is 0.276 e. The van der Waals surface area contributed by atoms with Gasteiger partial charge in [-0.05, 0) is 25.2 Å². The first-order valence-electron chi connectivity index (χ1n) is 5.46. The third-order valence-electron chi connectivity index (χ3n) is 2.65. The van der Waals surface area contributed by atoms with Crippen molar-refractivity contribution in [3.05, 3.63) is 0 Å². The minimum absolute atomic E-state index is 0.257. The third kappa shape index (κ3) is 4.92. The van der Waals surface area contributed by atoms with Gasteiger partial charge in [0.25, 0.3) is 10.2 Å². The quantitative estimate of drug-likeness (QED) is 0.628. The van der Waals surface area contributed by atoms with Gasteiger partial charge in [-0.15, -0.1) is 0 Å². The molecule has 1 saturated carbocycles. The van der Waals surface area contributed by atoms with Crippen LogP contribution in [0.1, 0.15) is 32.6 Å². The van der Waals surface area contributed by atoms with Gasteiger partial charge < -0.3 is 5.11 Å². The SMILES string of the molecule is CCNS(=O)(=O)NCC1CCCC(O)C1. The molecule has 0 amide bonds. The smallest absolute Gasteiger partial charge is 0.276 e. The van der Waals surface area contributed by atoms with E-state index < -0.39 is 10.2 Å². The predicted molar refractivity (Wildman–Crippen MR) is 58.6 cm³/mol. The van der Waals surface area contributed by atoms with Gasteiger partial charge >= 0.3 is 0 Å². The summed E-state index contributed by atoms with van der Waals surface area (Å²) in [6.07, 6.45) is 3.26. The highest BCUT2D eigenvalue weighted by Gasteiger charge is 2.21. The van der Waals surface area contributed by atoms with Gasteiger partial charge in [-0.2, -0.15) is 8.42 Å². The predicted octanol–water partition coefficient (Wildman–Crippen LogP) is -0.0186. The molecule has 0 aromatic heterocycles. The van der Waals surface area contributed by atoms with E-state index >= 15 is 0 Å². The molecule has 0 aromatic rings. The van der Waals surface area contributed by atoms with Crippen LogP contribution in [0.2, 0.25) is 0 Å². The number of hydrogen-bond acceptors (Lipinski definition) is 3. The summed E-state index contributed by atoms with van der Waals surface area (Å²) in [5, 5.41) is 9.42. The van der Waals surface area contributed by atoms with Crippen LogP contribution in [-0.4, -0.2) is 32.7 Å². The van der Waals surface area contributed by atoms with Crippen LogP contribution < -0.4 is 9.44 Å². The van der Waals surface area contributed by atoms with Gasteiger partial charge in [0.15, 0.2) is 0 Å². The molecule has 6 heteroatoms. The van der Waals surface area contributed by atoms with E-state index in [0.29, 0.717) is 19.5 Å². The number of hydrogen-bond donors (Lipinski definition) is 3. The van der Waals surface area contributed by atoms with Gasteiger partial charge in [-0.25, -0.2) is 9.44 Å². The Labute approximate surface area is 91.4 Å². The minimum atomic E-state index is -3.33. The molecule has 2 unspecified atom stereocenters. The highest BCUT2D eigenvalue weighted by atomic mass is 32.2. The summed E-state index contributed by atoms with van der Waals surface area (Å²) < 4.78 is 27.4. The molecule has 0 bridgehead atoms. The van der Waals surface area contributed by atoms with Crippen molar-refractivity contribution in [2.45, 2.75) is 38.7 Å². The van der Waals surface area contributed by atoms with E-state index in [1.807, 2.05) is 0 Å². The average molecular weight is 236 g/mol. The zero-order chi connectivity index (χ0) is 11.3. The highest BCUT2D eigenvalue weighted by molar-refractivity contribution is 7.87. The fraction of sp³-hybridized carbons (Fsp3) is 1.00. The standard InChI is InChI=1S/C9H20N2O3S/c1-2-10-15(13,14)11-7-8-4-3-5-9(12)6-8/h8-12H,2-7H2,1H3. The van der Waals surface area contributed by atoms with Gasteiger partial charge in [-0.3, -0.25) is 0 Å². The molecule has 5 nitrogen and oxygen atoms in total.